The number of carbonyl (C=O) groups excluding carboxylic acids is 1. The van der Waals surface area contributed by atoms with Crippen LogP contribution in [0.3, 0.4) is 0 Å². The summed E-state index contributed by atoms with van der Waals surface area (Å²) < 4.78 is 1.23. The molecule has 1 aliphatic rings. The molecule has 1 aromatic heterocycles. The molecule has 7 heteroatoms. The van der Waals surface area contributed by atoms with Gasteiger partial charge in [-0.15, -0.1) is 0 Å². The molecule has 1 fully saturated rings. The lowest BCUT2D eigenvalue weighted by Crippen LogP contribution is -2.49. The maximum absolute atomic E-state index is 13.1. The molecular weight excluding hydrogens is 354 g/mol. The fraction of sp³-hybridized carbons (Fsp3) is 0.238. The highest BCUT2D eigenvalue weighted by Gasteiger charge is 2.25. The summed E-state index contributed by atoms with van der Waals surface area (Å²) in [6, 6.07) is 14.6. The van der Waals surface area contributed by atoms with Crippen LogP contribution in [0.2, 0.25) is 0 Å². The van der Waals surface area contributed by atoms with Gasteiger partial charge in [0.1, 0.15) is 0 Å². The number of benzene rings is 2. The van der Waals surface area contributed by atoms with Crippen LogP contribution in [-0.2, 0) is 7.05 Å². The van der Waals surface area contributed by atoms with Gasteiger partial charge in [-0.2, -0.15) is 5.10 Å². The molecule has 1 aliphatic heterocycles. The topological polar surface area (TPSA) is 62.8 Å². The van der Waals surface area contributed by atoms with Crippen LogP contribution in [0, 0.1) is 6.57 Å². The Morgan fingerprint density at radius 3 is 2.29 bits per heavy atom. The van der Waals surface area contributed by atoms with Crippen LogP contribution >= 0.6 is 0 Å². The molecule has 7 nitrogen and oxygen atoms in total. The summed E-state index contributed by atoms with van der Waals surface area (Å²) in [4.78, 5) is 32.8. The van der Waals surface area contributed by atoms with Crippen molar-refractivity contribution in [3.8, 4) is 0 Å². The summed E-state index contributed by atoms with van der Waals surface area (Å²) in [5, 5.41) is 5.34. The molecule has 0 aliphatic carbocycles. The van der Waals surface area contributed by atoms with Gasteiger partial charge < -0.3 is 9.80 Å². The monoisotopic (exact) mass is 373 g/mol. The maximum atomic E-state index is 13.1. The van der Waals surface area contributed by atoms with E-state index in [1.807, 2.05) is 18.2 Å². The molecule has 0 saturated carbocycles. The first-order valence-electron chi connectivity index (χ1n) is 9.06. The second kappa shape index (κ2) is 7.16. The molecule has 0 spiro atoms. The van der Waals surface area contributed by atoms with Crippen molar-refractivity contribution in [3.63, 3.8) is 0 Å². The van der Waals surface area contributed by atoms with Crippen LogP contribution in [-0.4, -0.2) is 46.8 Å². The molecule has 4 rings (SSSR count). The second-order valence-electron chi connectivity index (χ2n) is 6.73. The van der Waals surface area contributed by atoms with Crippen LogP contribution in [0.15, 0.2) is 53.3 Å². The number of anilines is 1. The summed E-state index contributed by atoms with van der Waals surface area (Å²) in [7, 11) is 1.57. The van der Waals surface area contributed by atoms with Gasteiger partial charge >= 0.3 is 0 Å². The molecule has 0 radical (unpaired) electrons. The van der Waals surface area contributed by atoms with Crippen LogP contribution in [0.4, 0.5) is 11.4 Å². The highest BCUT2D eigenvalue weighted by atomic mass is 16.2. The summed E-state index contributed by atoms with van der Waals surface area (Å²) in [6.07, 6.45) is 0. The summed E-state index contributed by atoms with van der Waals surface area (Å²) in [6.45, 7) is 9.59. The van der Waals surface area contributed by atoms with Gasteiger partial charge in [0.15, 0.2) is 11.4 Å². The Bertz CT molecular complexity index is 1140. The van der Waals surface area contributed by atoms with E-state index >= 15 is 0 Å². The van der Waals surface area contributed by atoms with Gasteiger partial charge in [0.2, 0.25) is 0 Å². The van der Waals surface area contributed by atoms with Crippen molar-refractivity contribution in [2.24, 2.45) is 7.05 Å². The smallest absolute Gasteiger partial charge is 0.275 e. The summed E-state index contributed by atoms with van der Waals surface area (Å²) in [5.41, 5.74) is 1.77. The van der Waals surface area contributed by atoms with Gasteiger partial charge in [-0.1, -0.05) is 30.3 Å². The third-order valence-electron chi connectivity index (χ3n) is 5.07. The van der Waals surface area contributed by atoms with E-state index in [2.05, 4.69) is 14.8 Å². The van der Waals surface area contributed by atoms with Gasteiger partial charge in [-0.25, -0.2) is 9.53 Å². The van der Waals surface area contributed by atoms with E-state index in [0.29, 0.717) is 48.3 Å². The first-order valence-corrected chi connectivity index (χ1v) is 9.06. The molecular formula is C21H19N5O2. The molecule has 0 unspecified atom stereocenters. The van der Waals surface area contributed by atoms with E-state index < -0.39 is 0 Å². The Morgan fingerprint density at radius 1 is 1.00 bits per heavy atom. The van der Waals surface area contributed by atoms with E-state index in [1.165, 1.54) is 4.68 Å². The molecule has 28 heavy (non-hydrogen) atoms. The first kappa shape index (κ1) is 17.7. The number of rotatable bonds is 2. The number of aryl methyl sites for hydroxylation is 1. The molecule has 3 aromatic rings. The number of hydrogen-bond acceptors (Lipinski definition) is 4. The molecule has 2 aromatic carbocycles. The van der Waals surface area contributed by atoms with Gasteiger partial charge in [0, 0.05) is 44.3 Å². The lowest BCUT2D eigenvalue weighted by atomic mass is 10.1. The number of fused-ring (bicyclic) bond motifs is 1. The molecule has 140 valence electrons. The van der Waals surface area contributed by atoms with E-state index in [-0.39, 0.29) is 11.5 Å². The minimum absolute atomic E-state index is 0.158. The highest BCUT2D eigenvalue weighted by molar-refractivity contribution is 6.04. The number of carbonyl (C=O) groups is 1. The lowest BCUT2D eigenvalue weighted by molar-refractivity contribution is 0.0740. The van der Waals surface area contributed by atoms with Gasteiger partial charge in [-0.3, -0.25) is 9.59 Å². The predicted molar refractivity (Wildman–Crippen MR) is 108 cm³/mol. The molecule has 0 bridgehead atoms. The number of nitrogens with zero attached hydrogens (tertiary/aromatic N) is 5. The summed E-state index contributed by atoms with van der Waals surface area (Å²) >= 11 is 0. The molecule has 1 saturated heterocycles. The van der Waals surface area contributed by atoms with Crippen LogP contribution in [0.5, 0.6) is 0 Å². The third-order valence-corrected chi connectivity index (χ3v) is 5.07. The Balaban J connectivity index is 1.55. The quantitative estimate of drug-likeness (QED) is 0.648. The average Bonchev–Trinajstić information content (AvgIpc) is 2.76. The van der Waals surface area contributed by atoms with Crippen molar-refractivity contribution < 1.29 is 4.79 Å². The Morgan fingerprint density at radius 2 is 1.64 bits per heavy atom. The van der Waals surface area contributed by atoms with Gasteiger partial charge in [0.25, 0.3) is 11.5 Å². The molecule has 0 N–H and O–H groups in total. The van der Waals surface area contributed by atoms with Crippen molar-refractivity contribution in [3.05, 3.63) is 76.0 Å². The normalized spacial score (nSPS) is 14.1. The van der Waals surface area contributed by atoms with Crippen molar-refractivity contribution in [2.45, 2.75) is 0 Å². The first-order chi connectivity index (χ1) is 13.6. The maximum Gasteiger partial charge on any atom is 0.275 e. The summed E-state index contributed by atoms with van der Waals surface area (Å²) in [5.74, 6) is -0.158. The minimum atomic E-state index is -0.208. The largest absolute Gasteiger partial charge is 0.368 e. The zero-order valence-corrected chi connectivity index (χ0v) is 15.5. The van der Waals surface area contributed by atoms with Crippen LogP contribution < -0.4 is 10.5 Å². The van der Waals surface area contributed by atoms with Gasteiger partial charge in [-0.05, 0) is 18.2 Å². The van der Waals surface area contributed by atoms with E-state index in [9.17, 15) is 9.59 Å². The van der Waals surface area contributed by atoms with E-state index in [0.717, 1.165) is 5.69 Å². The second-order valence-corrected chi connectivity index (χ2v) is 6.73. The SMILES string of the molecule is [C-]#[N+]c1ccc(N2CCN(C(=O)c3nn(C)c(=O)c4ccccc34)CC2)cc1. The Labute approximate surface area is 162 Å². The number of amides is 1. The standard InChI is InChI=1S/C21H19N5O2/c1-22-15-7-9-16(10-8-15)25-11-13-26(14-12-25)21(28)19-17-5-3-4-6-18(17)20(27)24(2)23-19/h3-10H,11-14H2,2H3. The lowest BCUT2D eigenvalue weighted by Gasteiger charge is -2.36. The average molecular weight is 373 g/mol. The van der Waals surface area contributed by atoms with E-state index in [4.69, 9.17) is 6.57 Å². The minimum Gasteiger partial charge on any atom is -0.368 e. The molecule has 0 atom stereocenters. The third kappa shape index (κ3) is 3.09. The van der Waals surface area contributed by atoms with Crippen molar-refractivity contribution >= 4 is 28.1 Å². The van der Waals surface area contributed by atoms with Crippen molar-refractivity contribution in [1.82, 2.24) is 14.7 Å². The Hall–Kier alpha value is -3.66. The fourth-order valence-corrected chi connectivity index (χ4v) is 3.51. The van der Waals surface area contributed by atoms with E-state index in [1.54, 1.807) is 42.3 Å². The zero-order chi connectivity index (χ0) is 19.7. The van der Waals surface area contributed by atoms with Crippen LogP contribution in [0.1, 0.15) is 10.5 Å². The predicted octanol–water partition coefficient (Wildman–Crippen LogP) is 2.45. The Kier molecular flexibility index (Phi) is 4.53. The number of hydrogen-bond donors (Lipinski definition) is 0. The fourth-order valence-electron chi connectivity index (χ4n) is 3.51. The van der Waals surface area contributed by atoms with Crippen LogP contribution in [0.25, 0.3) is 15.6 Å². The zero-order valence-electron chi connectivity index (χ0n) is 15.5. The molecule has 1 amide bonds. The highest BCUT2D eigenvalue weighted by Crippen LogP contribution is 2.22. The van der Waals surface area contributed by atoms with Crippen molar-refractivity contribution in [2.75, 3.05) is 31.1 Å². The number of aromatic nitrogens is 2. The van der Waals surface area contributed by atoms with Gasteiger partial charge in [0.05, 0.1) is 12.0 Å². The molecule has 2 heterocycles. The number of piperazine rings is 1. The van der Waals surface area contributed by atoms with Crippen molar-refractivity contribution in [1.29, 1.82) is 0 Å².